The zero-order valence-electron chi connectivity index (χ0n) is 6.97. The summed E-state index contributed by atoms with van der Waals surface area (Å²) in [6.45, 7) is 0. The SMILES string of the molecule is O=C(O)CCP(=O)(O)C(=O)C1CC1. The van der Waals surface area contributed by atoms with Gasteiger partial charge in [0.25, 0.3) is 7.37 Å². The third-order valence-corrected chi connectivity index (χ3v) is 3.78. The molecular formula is C7H11O5P. The minimum absolute atomic E-state index is 0.287. The average molecular weight is 206 g/mol. The van der Waals surface area contributed by atoms with Gasteiger partial charge in [-0.05, 0) is 12.8 Å². The lowest BCUT2D eigenvalue weighted by molar-refractivity contribution is -0.136. The first-order chi connectivity index (χ1) is 5.93. The maximum absolute atomic E-state index is 11.2. The number of rotatable bonds is 5. The van der Waals surface area contributed by atoms with Gasteiger partial charge in [0, 0.05) is 12.1 Å². The standard InChI is InChI=1S/C7H11O5P/c8-6(9)3-4-13(11,12)7(10)5-1-2-5/h5H,1-4H2,(H,8,9)(H,11,12). The van der Waals surface area contributed by atoms with Gasteiger partial charge in [0.15, 0.2) is 0 Å². The van der Waals surface area contributed by atoms with Crippen LogP contribution in [0.2, 0.25) is 0 Å². The van der Waals surface area contributed by atoms with E-state index in [-0.39, 0.29) is 5.92 Å². The molecule has 0 amide bonds. The lowest BCUT2D eigenvalue weighted by atomic mass is 10.5. The number of hydrogen-bond acceptors (Lipinski definition) is 3. The van der Waals surface area contributed by atoms with Gasteiger partial charge in [-0.25, -0.2) is 0 Å². The molecule has 0 aromatic rings. The molecule has 0 aliphatic heterocycles. The normalized spacial score (nSPS) is 20.7. The summed E-state index contributed by atoms with van der Waals surface area (Å²) in [5.41, 5.74) is -0.645. The molecule has 2 N–H and O–H groups in total. The molecule has 0 aromatic heterocycles. The average Bonchev–Trinajstić information content (AvgIpc) is 2.82. The number of hydrogen-bond donors (Lipinski definition) is 2. The maximum Gasteiger partial charge on any atom is 0.303 e. The van der Waals surface area contributed by atoms with Gasteiger partial charge in [0.2, 0.25) is 5.52 Å². The second kappa shape index (κ2) is 3.60. The fraction of sp³-hybridized carbons (Fsp3) is 0.714. The first kappa shape index (κ1) is 10.4. The van der Waals surface area contributed by atoms with Crippen molar-refractivity contribution in [3.8, 4) is 0 Å². The van der Waals surface area contributed by atoms with Gasteiger partial charge in [0.05, 0.1) is 6.42 Å². The summed E-state index contributed by atoms with van der Waals surface area (Å²) in [6.07, 6.45) is 0.469. The molecule has 0 heterocycles. The van der Waals surface area contributed by atoms with Gasteiger partial charge in [-0.15, -0.1) is 0 Å². The molecule has 74 valence electrons. The highest BCUT2D eigenvalue weighted by molar-refractivity contribution is 7.75. The maximum atomic E-state index is 11.2. The summed E-state index contributed by atoms with van der Waals surface area (Å²) in [7, 11) is -3.85. The van der Waals surface area contributed by atoms with E-state index in [0.717, 1.165) is 0 Å². The van der Waals surface area contributed by atoms with Gasteiger partial charge in [-0.1, -0.05) is 0 Å². The van der Waals surface area contributed by atoms with Crippen LogP contribution in [0.5, 0.6) is 0 Å². The molecule has 0 radical (unpaired) electrons. The van der Waals surface area contributed by atoms with Gasteiger partial charge in [-0.2, -0.15) is 0 Å². The van der Waals surface area contributed by atoms with Crippen molar-refractivity contribution in [2.24, 2.45) is 5.92 Å². The molecule has 6 heteroatoms. The first-order valence-corrected chi connectivity index (χ1v) is 5.86. The molecule has 1 fully saturated rings. The van der Waals surface area contributed by atoms with Crippen molar-refractivity contribution in [3.63, 3.8) is 0 Å². The summed E-state index contributed by atoms with van der Waals surface area (Å²) in [5, 5.41) is 8.27. The number of aliphatic carboxylic acids is 1. The predicted octanol–water partition coefficient (Wildman–Crippen LogP) is 0.668. The molecule has 1 saturated carbocycles. The van der Waals surface area contributed by atoms with Crippen LogP contribution in [0.1, 0.15) is 19.3 Å². The Morgan fingerprint density at radius 1 is 1.38 bits per heavy atom. The Hall–Kier alpha value is -0.670. The highest BCUT2D eigenvalue weighted by atomic mass is 31.2. The molecule has 13 heavy (non-hydrogen) atoms. The van der Waals surface area contributed by atoms with Crippen molar-refractivity contribution in [2.45, 2.75) is 19.3 Å². The highest BCUT2D eigenvalue weighted by Gasteiger charge is 2.41. The number of carboxylic acids is 1. The van der Waals surface area contributed by atoms with Crippen molar-refractivity contribution in [1.82, 2.24) is 0 Å². The summed E-state index contributed by atoms with van der Waals surface area (Å²) in [5.74, 6) is -1.44. The predicted molar refractivity (Wildman–Crippen MR) is 44.7 cm³/mol. The van der Waals surface area contributed by atoms with Crippen molar-refractivity contribution >= 4 is 18.9 Å². The van der Waals surface area contributed by atoms with E-state index in [0.29, 0.717) is 12.8 Å². The van der Waals surface area contributed by atoms with E-state index in [1.165, 1.54) is 0 Å². The molecule has 0 spiro atoms. The third-order valence-electron chi connectivity index (χ3n) is 1.90. The van der Waals surface area contributed by atoms with Gasteiger partial charge < -0.3 is 10.00 Å². The van der Waals surface area contributed by atoms with Crippen molar-refractivity contribution < 1.29 is 24.2 Å². The Morgan fingerprint density at radius 3 is 2.31 bits per heavy atom. The van der Waals surface area contributed by atoms with E-state index in [1.807, 2.05) is 0 Å². The monoisotopic (exact) mass is 206 g/mol. The number of carbonyl (C=O) groups excluding carboxylic acids is 1. The van der Waals surface area contributed by atoms with Crippen LogP contribution in [-0.4, -0.2) is 27.7 Å². The molecule has 0 aromatic carbocycles. The van der Waals surface area contributed by atoms with Gasteiger partial charge in [-0.3, -0.25) is 14.2 Å². The fourth-order valence-corrected chi connectivity index (χ4v) is 2.52. The number of carboxylic acid groups (broad SMARTS) is 1. The van der Waals surface area contributed by atoms with E-state index in [1.54, 1.807) is 0 Å². The Balaban J connectivity index is 2.49. The second-order valence-corrected chi connectivity index (χ2v) is 5.47. The van der Waals surface area contributed by atoms with Crippen molar-refractivity contribution in [1.29, 1.82) is 0 Å². The second-order valence-electron chi connectivity index (χ2n) is 3.18. The van der Waals surface area contributed by atoms with E-state index in [9.17, 15) is 19.0 Å². The summed E-state index contributed by atoms with van der Waals surface area (Å²) < 4.78 is 11.2. The third kappa shape index (κ3) is 2.94. The highest BCUT2D eigenvalue weighted by Crippen LogP contribution is 2.50. The minimum atomic E-state index is -3.85. The molecule has 1 aliphatic rings. The first-order valence-electron chi connectivity index (χ1n) is 4.01. The molecule has 0 bridgehead atoms. The van der Waals surface area contributed by atoms with Crippen LogP contribution in [0.3, 0.4) is 0 Å². The van der Waals surface area contributed by atoms with E-state index in [2.05, 4.69) is 0 Å². The zero-order chi connectivity index (χ0) is 10.1. The Morgan fingerprint density at radius 2 is 1.92 bits per heavy atom. The van der Waals surface area contributed by atoms with Crippen molar-refractivity contribution in [2.75, 3.05) is 6.16 Å². The molecular weight excluding hydrogens is 195 g/mol. The lowest BCUT2D eigenvalue weighted by Gasteiger charge is -2.07. The van der Waals surface area contributed by atoms with E-state index < -0.39 is 31.4 Å². The van der Waals surface area contributed by atoms with Crippen LogP contribution in [0.15, 0.2) is 0 Å². The van der Waals surface area contributed by atoms with Crippen LogP contribution in [0.25, 0.3) is 0 Å². The van der Waals surface area contributed by atoms with E-state index >= 15 is 0 Å². The Labute approximate surface area is 75.2 Å². The smallest absolute Gasteiger partial charge is 0.303 e. The lowest BCUT2D eigenvalue weighted by Crippen LogP contribution is -2.08. The van der Waals surface area contributed by atoms with Crippen LogP contribution < -0.4 is 0 Å². The van der Waals surface area contributed by atoms with E-state index in [4.69, 9.17) is 5.11 Å². The van der Waals surface area contributed by atoms with Crippen LogP contribution in [0.4, 0.5) is 0 Å². The number of carbonyl (C=O) groups is 2. The van der Waals surface area contributed by atoms with Crippen molar-refractivity contribution in [3.05, 3.63) is 0 Å². The Bertz CT molecular complexity index is 281. The molecule has 1 unspecified atom stereocenters. The molecule has 1 aliphatic carbocycles. The Kier molecular flexibility index (Phi) is 2.88. The molecule has 1 atom stereocenters. The summed E-state index contributed by atoms with van der Waals surface area (Å²) in [4.78, 5) is 30.4. The van der Waals surface area contributed by atoms with Crippen LogP contribution in [-0.2, 0) is 14.2 Å². The summed E-state index contributed by atoms with van der Waals surface area (Å²) >= 11 is 0. The zero-order valence-corrected chi connectivity index (χ0v) is 7.87. The van der Waals surface area contributed by atoms with Crippen LogP contribution in [0, 0.1) is 5.92 Å². The van der Waals surface area contributed by atoms with Crippen LogP contribution >= 0.6 is 7.37 Å². The largest absolute Gasteiger partial charge is 0.481 e. The minimum Gasteiger partial charge on any atom is -0.481 e. The van der Waals surface area contributed by atoms with Gasteiger partial charge in [0.1, 0.15) is 0 Å². The summed E-state index contributed by atoms with van der Waals surface area (Å²) in [6, 6.07) is 0. The fourth-order valence-electron chi connectivity index (χ4n) is 0.973. The molecule has 5 nitrogen and oxygen atoms in total. The van der Waals surface area contributed by atoms with Gasteiger partial charge >= 0.3 is 5.97 Å². The molecule has 0 saturated heterocycles. The quantitative estimate of drug-likeness (QED) is 0.645. The molecule has 1 rings (SSSR count). The topological polar surface area (TPSA) is 91.7 Å².